The number of nitrogens with zero attached hydrogens (tertiary/aromatic N) is 3. The van der Waals surface area contributed by atoms with Crippen LogP contribution >= 0.6 is 0 Å². The molecule has 1 heterocycles. The second-order valence-corrected chi connectivity index (χ2v) is 7.62. The molecule has 2 amide bonds. The van der Waals surface area contributed by atoms with Crippen LogP contribution in [-0.4, -0.2) is 36.3 Å². The standard InChI is InChI=1S/C21H28FN5O/c1-13-6-4-9-17(22)20(13)26-12-14(2)18(11-19(24)25-3)27(21(26)28)16-8-5-7-15(23)10-16/h4,6,9,11,15-16H,3,5,7-8,10,12,23-24H2,1-2H3/b19-11-/t15-,16-/m0/s1. The molecule has 4 N–H and O–H groups in total. The lowest BCUT2D eigenvalue weighted by Crippen LogP contribution is -2.54. The Morgan fingerprint density at radius 1 is 1.36 bits per heavy atom. The highest BCUT2D eigenvalue weighted by molar-refractivity contribution is 5.96. The van der Waals surface area contributed by atoms with Crippen LogP contribution in [-0.2, 0) is 0 Å². The first-order chi connectivity index (χ1) is 13.3. The first-order valence-electron chi connectivity index (χ1n) is 9.58. The van der Waals surface area contributed by atoms with Crippen LogP contribution in [0.15, 0.2) is 46.4 Å². The molecule has 1 aliphatic heterocycles. The third kappa shape index (κ3) is 3.80. The van der Waals surface area contributed by atoms with Crippen LogP contribution in [0.5, 0.6) is 0 Å². The number of urea groups is 1. The second kappa shape index (κ2) is 8.14. The number of allylic oxidation sites excluding steroid dienone is 1. The lowest BCUT2D eigenvalue weighted by atomic mass is 9.89. The molecule has 1 fully saturated rings. The fourth-order valence-electron chi connectivity index (χ4n) is 4.13. The van der Waals surface area contributed by atoms with E-state index in [0.29, 0.717) is 23.4 Å². The molecule has 0 bridgehead atoms. The van der Waals surface area contributed by atoms with Gasteiger partial charge < -0.3 is 11.5 Å². The Morgan fingerprint density at radius 2 is 2.11 bits per heavy atom. The zero-order valence-electron chi connectivity index (χ0n) is 16.5. The molecule has 3 rings (SSSR count). The molecule has 7 heteroatoms. The van der Waals surface area contributed by atoms with Crippen molar-refractivity contribution in [3.8, 4) is 0 Å². The Labute approximate surface area is 165 Å². The van der Waals surface area contributed by atoms with E-state index < -0.39 is 5.82 Å². The average molecular weight is 385 g/mol. The van der Waals surface area contributed by atoms with Crippen molar-refractivity contribution in [1.82, 2.24) is 4.90 Å². The summed E-state index contributed by atoms with van der Waals surface area (Å²) in [5.74, 6) is -0.171. The molecule has 0 unspecified atom stereocenters. The highest BCUT2D eigenvalue weighted by Crippen LogP contribution is 2.35. The van der Waals surface area contributed by atoms with Crippen molar-refractivity contribution in [3.05, 3.63) is 52.7 Å². The maximum absolute atomic E-state index is 14.6. The van der Waals surface area contributed by atoms with Crippen LogP contribution in [0.3, 0.4) is 0 Å². The number of carbonyl (C=O) groups is 1. The minimum Gasteiger partial charge on any atom is -0.384 e. The summed E-state index contributed by atoms with van der Waals surface area (Å²) in [5, 5.41) is 0. The van der Waals surface area contributed by atoms with Gasteiger partial charge >= 0.3 is 6.03 Å². The molecule has 150 valence electrons. The third-order valence-electron chi connectivity index (χ3n) is 5.51. The Hall–Kier alpha value is -2.67. The molecule has 0 radical (unpaired) electrons. The van der Waals surface area contributed by atoms with Gasteiger partial charge in [-0.3, -0.25) is 9.80 Å². The van der Waals surface area contributed by atoms with Crippen molar-refractivity contribution in [2.24, 2.45) is 16.5 Å². The SMILES string of the molecule is C=N/C(N)=C\C1=C(C)CN(c2c(C)cccc2F)C(=O)N1[C@H]1CCC[C@H](N)C1. The van der Waals surface area contributed by atoms with Gasteiger partial charge in [0.05, 0.1) is 17.9 Å². The maximum atomic E-state index is 14.6. The molecule has 6 nitrogen and oxygen atoms in total. The van der Waals surface area contributed by atoms with Gasteiger partial charge in [0.25, 0.3) is 0 Å². The monoisotopic (exact) mass is 385 g/mol. The lowest BCUT2D eigenvalue weighted by Gasteiger charge is -2.44. The van der Waals surface area contributed by atoms with Crippen LogP contribution in [0, 0.1) is 12.7 Å². The second-order valence-electron chi connectivity index (χ2n) is 7.62. The van der Waals surface area contributed by atoms with Crippen molar-refractivity contribution < 1.29 is 9.18 Å². The first-order valence-corrected chi connectivity index (χ1v) is 9.58. The molecule has 1 aliphatic carbocycles. The van der Waals surface area contributed by atoms with E-state index in [-0.39, 0.29) is 30.5 Å². The Balaban J connectivity index is 2.10. The van der Waals surface area contributed by atoms with Crippen molar-refractivity contribution in [2.75, 3.05) is 11.4 Å². The molecule has 0 aromatic heterocycles. The number of aliphatic imine (C=N–C) groups is 1. The van der Waals surface area contributed by atoms with Gasteiger partial charge in [0.1, 0.15) is 11.6 Å². The number of halogens is 1. The van der Waals surface area contributed by atoms with Gasteiger partial charge in [-0.1, -0.05) is 12.1 Å². The number of aryl methyl sites for hydroxylation is 1. The lowest BCUT2D eigenvalue weighted by molar-refractivity contribution is 0.177. The van der Waals surface area contributed by atoms with E-state index in [1.807, 2.05) is 6.92 Å². The minimum atomic E-state index is -0.410. The summed E-state index contributed by atoms with van der Waals surface area (Å²) in [4.78, 5) is 20.5. The first kappa shape index (κ1) is 20.1. The molecule has 1 aromatic carbocycles. The van der Waals surface area contributed by atoms with E-state index in [2.05, 4.69) is 11.7 Å². The van der Waals surface area contributed by atoms with Gasteiger partial charge in [-0.2, -0.15) is 0 Å². The van der Waals surface area contributed by atoms with Gasteiger partial charge in [0.2, 0.25) is 0 Å². The largest absolute Gasteiger partial charge is 0.384 e. The number of hydrogen-bond donors (Lipinski definition) is 2. The zero-order chi connectivity index (χ0) is 20.4. The van der Waals surface area contributed by atoms with E-state index in [9.17, 15) is 9.18 Å². The van der Waals surface area contributed by atoms with Crippen LogP contribution < -0.4 is 16.4 Å². The van der Waals surface area contributed by atoms with E-state index in [1.54, 1.807) is 30.0 Å². The number of anilines is 1. The summed E-state index contributed by atoms with van der Waals surface area (Å²) in [6.07, 6.45) is 5.10. The summed E-state index contributed by atoms with van der Waals surface area (Å²) < 4.78 is 14.6. The summed E-state index contributed by atoms with van der Waals surface area (Å²) in [6, 6.07) is 4.54. The predicted molar refractivity (Wildman–Crippen MR) is 110 cm³/mol. The Morgan fingerprint density at radius 3 is 2.75 bits per heavy atom. The number of hydrogen-bond acceptors (Lipinski definition) is 4. The van der Waals surface area contributed by atoms with Crippen LogP contribution in [0.25, 0.3) is 0 Å². The average Bonchev–Trinajstić information content (AvgIpc) is 2.65. The highest BCUT2D eigenvalue weighted by atomic mass is 19.1. The van der Waals surface area contributed by atoms with Crippen molar-refractivity contribution in [1.29, 1.82) is 0 Å². The number of amides is 2. The van der Waals surface area contributed by atoms with Gasteiger partial charge in [0, 0.05) is 18.2 Å². The van der Waals surface area contributed by atoms with Crippen molar-refractivity contribution in [2.45, 2.75) is 51.6 Å². The van der Waals surface area contributed by atoms with Crippen molar-refractivity contribution in [3.63, 3.8) is 0 Å². The molecule has 1 saturated carbocycles. The number of nitrogens with two attached hydrogens (primary N) is 2. The smallest absolute Gasteiger partial charge is 0.329 e. The summed E-state index contributed by atoms with van der Waals surface area (Å²) in [7, 11) is 0. The van der Waals surface area contributed by atoms with Gasteiger partial charge in [0.15, 0.2) is 0 Å². The topological polar surface area (TPSA) is 88.0 Å². The molecular formula is C21H28FN5O. The number of rotatable bonds is 4. The summed E-state index contributed by atoms with van der Waals surface area (Å²) in [5.41, 5.74) is 14.7. The number of para-hydroxylation sites is 1. The molecule has 0 spiro atoms. The number of benzene rings is 1. The highest BCUT2D eigenvalue weighted by Gasteiger charge is 2.38. The van der Waals surface area contributed by atoms with Gasteiger partial charge in [-0.25, -0.2) is 14.2 Å². The van der Waals surface area contributed by atoms with Gasteiger partial charge in [-0.15, -0.1) is 0 Å². The fourth-order valence-corrected chi connectivity index (χ4v) is 4.13. The molecule has 2 aliphatic rings. The van der Waals surface area contributed by atoms with E-state index in [4.69, 9.17) is 11.5 Å². The van der Waals surface area contributed by atoms with E-state index in [1.165, 1.54) is 11.0 Å². The summed E-state index contributed by atoms with van der Waals surface area (Å²) in [6.45, 7) is 7.47. The Kier molecular flexibility index (Phi) is 5.84. The Bertz CT molecular complexity index is 827. The molecular weight excluding hydrogens is 357 g/mol. The minimum absolute atomic E-state index is 0.0394. The third-order valence-corrected chi connectivity index (χ3v) is 5.51. The predicted octanol–water partition coefficient (Wildman–Crippen LogP) is 3.42. The van der Waals surface area contributed by atoms with E-state index >= 15 is 0 Å². The van der Waals surface area contributed by atoms with E-state index in [0.717, 1.165) is 24.8 Å². The van der Waals surface area contributed by atoms with Crippen LogP contribution in [0.4, 0.5) is 14.9 Å². The molecule has 28 heavy (non-hydrogen) atoms. The zero-order valence-corrected chi connectivity index (χ0v) is 16.5. The van der Waals surface area contributed by atoms with Gasteiger partial charge in [-0.05, 0) is 63.5 Å². The normalized spacial score (nSPS) is 24.0. The molecule has 0 saturated heterocycles. The van der Waals surface area contributed by atoms with Crippen molar-refractivity contribution >= 4 is 18.4 Å². The number of carbonyl (C=O) groups excluding carboxylic acids is 1. The molecule has 2 atom stereocenters. The summed E-state index contributed by atoms with van der Waals surface area (Å²) >= 11 is 0. The molecule has 1 aromatic rings. The van der Waals surface area contributed by atoms with Crippen LogP contribution in [0.1, 0.15) is 38.2 Å². The fraction of sp³-hybridized carbons (Fsp3) is 0.429. The quantitative estimate of drug-likeness (QED) is 0.779. The van der Waals surface area contributed by atoms with Crippen LogP contribution in [0.2, 0.25) is 0 Å². The maximum Gasteiger partial charge on any atom is 0.329 e.